The number of rotatable bonds is 6. The van der Waals surface area contributed by atoms with Crippen LogP contribution in [0.3, 0.4) is 0 Å². The zero-order chi connectivity index (χ0) is 25.2. The lowest BCUT2D eigenvalue weighted by Crippen LogP contribution is -2.44. The van der Waals surface area contributed by atoms with Crippen molar-refractivity contribution in [2.45, 2.75) is 37.5 Å². The average molecular weight is 485 g/mol. The van der Waals surface area contributed by atoms with E-state index in [1.807, 2.05) is 30.3 Å². The minimum absolute atomic E-state index is 0.179. The quantitative estimate of drug-likeness (QED) is 0.424. The van der Waals surface area contributed by atoms with E-state index in [-0.39, 0.29) is 23.4 Å². The van der Waals surface area contributed by atoms with E-state index in [4.69, 9.17) is 0 Å². The maximum Gasteiger partial charge on any atom is 0.416 e. The molecule has 4 rings (SSSR count). The number of aryl methyl sites for hydroxylation is 1. The summed E-state index contributed by atoms with van der Waals surface area (Å²) in [5.74, 6) is -0.631. The van der Waals surface area contributed by atoms with E-state index in [2.05, 4.69) is 10.2 Å². The lowest BCUT2D eigenvalue weighted by molar-refractivity contribution is -0.137. The van der Waals surface area contributed by atoms with Crippen LogP contribution < -0.4 is 5.32 Å². The first kappa shape index (κ1) is 24.6. The van der Waals surface area contributed by atoms with Gasteiger partial charge in [0.15, 0.2) is 11.5 Å². The number of halogens is 3. The molecule has 5 nitrogen and oxygen atoms in total. The van der Waals surface area contributed by atoms with Crippen molar-refractivity contribution in [2.75, 3.05) is 13.6 Å². The lowest BCUT2D eigenvalue weighted by Gasteiger charge is -2.42. The standard InChI is InChI=1S/C27H27F3N2O3/c1-31-26(35)25(18-5-3-2-4-6-18)32-14-13-19-15-23(33)24(34)16-21(19)22(32)12-9-17-7-10-20(11-8-17)27(28,29)30/h2-8,10-11,15-16,22,25,33-34H,9,12-14H2,1H3,(H,31,35)/t22-,25+/m0/s1. The summed E-state index contributed by atoms with van der Waals surface area (Å²) in [6, 6.07) is 16.6. The number of likely N-dealkylation sites (N-methyl/N-ethyl adjacent to an activating group) is 1. The summed E-state index contributed by atoms with van der Waals surface area (Å²) < 4.78 is 38.9. The summed E-state index contributed by atoms with van der Waals surface area (Å²) in [5, 5.41) is 23.0. The third-order valence-corrected chi connectivity index (χ3v) is 6.56. The van der Waals surface area contributed by atoms with Crippen molar-refractivity contribution in [1.82, 2.24) is 10.2 Å². The normalized spacial score (nSPS) is 17.0. The van der Waals surface area contributed by atoms with E-state index >= 15 is 0 Å². The van der Waals surface area contributed by atoms with Crippen LogP contribution in [-0.4, -0.2) is 34.6 Å². The van der Waals surface area contributed by atoms with Crippen LogP contribution >= 0.6 is 0 Å². The van der Waals surface area contributed by atoms with Gasteiger partial charge in [-0.2, -0.15) is 13.2 Å². The number of nitrogens with zero attached hydrogens (tertiary/aromatic N) is 1. The Morgan fingerprint density at radius 1 is 1.06 bits per heavy atom. The van der Waals surface area contributed by atoms with Crippen molar-refractivity contribution >= 4 is 5.91 Å². The molecular weight excluding hydrogens is 457 g/mol. The van der Waals surface area contributed by atoms with Gasteiger partial charge in [0.25, 0.3) is 0 Å². The van der Waals surface area contributed by atoms with Crippen LogP contribution in [0.2, 0.25) is 0 Å². The Hall–Kier alpha value is -3.52. The first-order valence-electron chi connectivity index (χ1n) is 11.4. The third-order valence-electron chi connectivity index (χ3n) is 6.56. The Morgan fingerprint density at radius 3 is 2.34 bits per heavy atom. The fraction of sp³-hybridized carbons (Fsp3) is 0.296. The molecular formula is C27H27F3N2O3. The second-order valence-corrected chi connectivity index (χ2v) is 8.70. The summed E-state index contributed by atoms with van der Waals surface area (Å²) in [5.41, 5.74) is 2.53. The molecule has 0 aromatic heterocycles. The minimum atomic E-state index is -4.40. The van der Waals surface area contributed by atoms with E-state index in [0.29, 0.717) is 25.8 Å². The number of benzene rings is 3. The van der Waals surface area contributed by atoms with Gasteiger partial charge in [-0.05, 0) is 65.8 Å². The predicted molar refractivity (Wildman–Crippen MR) is 126 cm³/mol. The molecule has 0 unspecified atom stereocenters. The molecule has 1 aliphatic heterocycles. The SMILES string of the molecule is CNC(=O)[C@@H](c1ccccc1)N1CCc2cc(O)c(O)cc2[C@@H]1CCc1ccc(C(F)(F)F)cc1. The maximum atomic E-state index is 13.0. The highest BCUT2D eigenvalue weighted by Crippen LogP contribution is 2.42. The van der Waals surface area contributed by atoms with Crippen molar-refractivity contribution in [1.29, 1.82) is 0 Å². The Bertz CT molecular complexity index is 1180. The number of alkyl halides is 3. The number of amides is 1. The molecule has 1 aliphatic rings. The third kappa shape index (κ3) is 5.27. The van der Waals surface area contributed by atoms with Crippen molar-refractivity contribution in [3.05, 3.63) is 94.5 Å². The van der Waals surface area contributed by atoms with Crippen molar-refractivity contribution in [3.63, 3.8) is 0 Å². The molecule has 3 aromatic rings. The van der Waals surface area contributed by atoms with Gasteiger partial charge < -0.3 is 15.5 Å². The van der Waals surface area contributed by atoms with Crippen LogP contribution in [0.4, 0.5) is 13.2 Å². The van der Waals surface area contributed by atoms with E-state index in [1.54, 1.807) is 13.1 Å². The monoisotopic (exact) mass is 484 g/mol. The van der Waals surface area contributed by atoms with Crippen LogP contribution in [-0.2, 0) is 23.8 Å². The fourth-order valence-corrected chi connectivity index (χ4v) is 4.81. The highest BCUT2D eigenvalue weighted by molar-refractivity contribution is 5.83. The molecule has 0 radical (unpaired) electrons. The van der Waals surface area contributed by atoms with E-state index < -0.39 is 17.8 Å². The second-order valence-electron chi connectivity index (χ2n) is 8.70. The lowest BCUT2D eigenvalue weighted by atomic mass is 9.86. The summed E-state index contributed by atoms with van der Waals surface area (Å²) >= 11 is 0. The number of fused-ring (bicyclic) bond motifs is 1. The summed E-state index contributed by atoms with van der Waals surface area (Å²) in [6.07, 6.45) is -2.85. The van der Waals surface area contributed by atoms with Crippen LogP contribution in [0.15, 0.2) is 66.7 Å². The summed E-state index contributed by atoms with van der Waals surface area (Å²) in [6.45, 7) is 0.530. The van der Waals surface area contributed by atoms with Gasteiger partial charge in [-0.3, -0.25) is 9.69 Å². The van der Waals surface area contributed by atoms with E-state index in [0.717, 1.165) is 34.4 Å². The number of phenols is 2. The zero-order valence-corrected chi connectivity index (χ0v) is 19.2. The van der Waals surface area contributed by atoms with Gasteiger partial charge in [0.05, 0.1) is 5.56 Å². The number of phenolic OH excluding ortho intramolecular Hbond substituents is 2. The Labute approximate surface area is 201 Å². The first-order valence-corrected chi connectivity index (χ1v) is 11.4. The molecule has 0 bridgehead atoms. The van der Waals surface area contributed by atoms with Crippen LogP contribution in [0, 0.1) is 0 Å². The fourth-order valence-electron chi connectivity index (χ4n) is 4.81. The van der Waals surface area contributed by atoms with Gasteiger partial charge in [-0.25, -0.2) is 0 Å². The molecule has 3 aromatic carbocycles. The van der Waals surface area contributed by atoms with Crippen LogP contribution in [0.5, 0.6) is 11.5 Å². The number of carbonyl (C=O) groups excluding carboxylic acids is 1. The number of hydrogen-bond donors (Lipinski definition) is 3. The molecule has 0 fully saturated rings. The zero-order valence-electron chi connectivity index (χ0n) is 19.2. The van der Waals surface area contributed by atoms with Gasteiger partial charge in [0.1, 0.15) is 6.04 Å². The molecule has 0 aliphatic carbocycles. The molecule has 0 saturated carbocycles. The highest BCUT2D eigenvalue weighted by Gasteiger charge is 2.37. The van der Waals surface area contributed by atoms with E-state index in [9.17, 15) is 28.2 Å². The number of nitrogens with one attached hydrogen (secondary N) is 1. The first-order chi connectivity index (χ1) is 16.7. The van der Waals surface area contributed by atoms with Gasteiger partial charge in [0.2, 0.25) is 5.91 Å². The maximum absolute atomic E-state index is 13.0. The number of hydrogen-bond acceptors (Lipinski definition) is 4. The predicted octanol–water partition coefficient (Wildman–Crippen LogP) is 5.14. The van der Waals surface area contributed by atoms with Gasteiger partial charge in [-0.1, -0.05) is 42.5 Å². The second kappa shape index (κ2) is 10.00. The van der Waals surface area contributed by atoms with Crippen LogP contribution in [0.25, 0.3) is 0 Å². The molecule has 1 heterocycles. The van der Waals surface area contributed by atoms with Crippen molar-refractivity contribution in [3.8, 4) is 11.5 Å². The average Bonchev–Trinajstić information content (AvgIpc) is 2.84. The Balaban J connectivity index is 1.70. The summed E-state index contributed by atoms with van der Waals surface area (Å²) in [7, 11) is 1.58. The summed E-state index contributed by atoms with van der Waals surface area (Å²) in [4.78, 5) is 15.1. The molecule has 8 heteroatoms. The molecule has 1 amide bonds. The largest absolute Gasteiger partial charge is 0.504 e. The topological polar surface area (TPSA) is 72.8 Å². The smallest absolute Gasteiger partial charge is 0.416 e. The number of carbonyl (C=O) groups is 1. The molecule has 3 N–H and O–H groups in total. The van der Waals surface area contributed by atoms with Gasteiger partial charge in [-0.15, -0.1) is 0 Å². The Kier molecular flexibility index (Phi) is 7.03. The van der Waals surface area contributed by atoms with Gasteiger partial charge in [0, 0.05) is 19.6 Å². The highest BCUT2D eigenvalue weighted by atomic mass is 19.4. The number of aromatic hydroxyl groups is 2. The van der Waals surface area contributed by atoms with Crippen LogP contribution in [0.1, 0.15) is 46.3 Å². The minimum Gasteiger partial charge on any atom is -0.504 e. The molecule has 0 spiro atoms. The van der Waals surface area contributed by atoms with Crippen molar-refractivity contribution < 1.29 is 28.2 Å². The van der Waals surface area contributed by atoms with E-state index in [1.165, 1.54) is 18.2 Å². The Morgan fingerprint density at radius 2 is 1.71 bits per heavy atom. The molecule has 35 heavy (non-hydrogen) atoms. The van der Waals surface area contributed by atoms with Crippen molar-refractivity contribution in [2.24, 2.45) is 0 Å². The molecule has 184 valence electrons. The molecule has 2 atom stereocenters. The van der Waals surface area contributed by atoms with Gasteiger partial charge >= 0.3 is 6.18 Å². The molecule has 0 saturated heterocycles.